The van der Waals surface area contributed by atoms with Crippen LogP contribution in [0.5, 0.6) is 0 Å². The largest absolute Gasteiger partial charge is 0.382 e. The topological polar surface area (TPSA) is 128 Å². The third-order valence-electron chi connectivity index (χ3n) is 9.68. The second-order valence-corrected chi connectivity index (χ2v) is 12.6. The van der Waals surface area contributed by atoms with Crippen molar-refractivity contribution >= 4 is 22.6 Å². The molecule has 230 valence electrons. The average molecular weight is 596 g/mol. The molecule has 0 bridgehead atoms. The zero-order valence-electron chi connectivity index (χ0n) is 25.0. The summed E-state index contributed by atoms with van der Waals surface area (Å²) in [6.07, 6.45) is 13.2. The number of carbonyl (C=O) groups is 1. The molecule has 1 amide bonds. The summed E-state index contributed by atoms with van der Waals surface area (Å²) in [4.78, 5) is 22.9. The number of nitrogens with zero attached hydrogens (tertiary/aromatic N) is 5. The summed E-state index contributed by atoms with van der Waals surface area (Å²) in [5.41, 5.74) is 6.70. The molecular formula is C34H41N7O3. The fourth-order valence-electron chi connectivity index (χ4n) is 7.35. The molecule has 2 aromatic heterocycles. The molecule has 1 saturated heterocycles. The van der Waals surface area contributed by atoms with Gasteiger partial charge in [0.25, 0.3) is 0 Å². The van der Waals surface area contributed by atoms with Gasteiger partial charge in [-0.1, -0.05) is 49.9 Å². The Morgan fingerprint density at radius 1 is 1.00 bits per heavy atom. The highest BCUT2D eigenvalue weighted by Crippen LogP contribution is 2.40. The van der Waals surface area contributed by atoms with Crippen LogP contribution in [0.4, 0.5) is 5.69 Å². The first-order valence-electron chi connectivity index (χ1n) is 16.1. The monoisotopic (exact) mass is 595 g/mol. The Morgan fingerprint density at radius 2 is 1.89 bits per heavy atom. The minimum absolute atomic E-state index is 0.142. The van der Waals surface area contributed by atoms with Crippen molar-refractivity contribution in [3.8, 4) is 11.3 Å². The molecule has 3 aliphatic rings. The maximum Gasteiger partial charge on any atom is 0.222 e. The van der Waals surface area contributed by atoms with Crippen molar-refractivity contribution in [3.63, 3.8) is 0 Å². The van der Waals surface area contributed by atoms with Gasteiger partial charge in [0.2, 0.25) is 5.91 Å². The number of aliphatic hydroxyl groups excluding tert-OH is 2. The van der Waals surface area contributed by atoms with Gasteiger partial charge in [0.05, 0.1) is 35.2 Å². The number of aryl methyl sites for hydroxylation is 1. The molecule has 4 N–H and O–H groups in total. The van der Waals surface area contributed by atoms with Gasteiger partial charge in [-0.25, -0.2) is 4.98 Å². The van der Waals surface area contributed by atoms with Crippen molar-refractivity contribution in [2.24, 2.45) is 5.92 Å². The van der Waals surface area contributed by atoms with E-state index in [0.717, 1.165) is 64.9 Å². The number of anilines is 1. The Labute approximate surface area is 257 Å². The van der Waals surface area contributed by atoms with E-state index in [1.807, 2.05) is 58.4 Å². The standard InChI is InChI=1S/C34H41N7O3/c42-32-15-14-31(33(43)39-32)41-21-26-25(34(41)44)10-6-13-27(26)37-24-9-5-8-22(17-24)7-3-4-16-40-20-23(18-36-40)30-19-35-28-11-1-2-12-29(28)38-30/h1-2,6,10-13,18-20,22,24,31,33-34,37,43-44H,3-5,7-9,14-17,21H2,(H,39,42). The minimum atomic E-state index is -0.968. The van der Waals surface area contributed by atoms with Crippen molar-refractivity contribution in [1.82, 2.24) is 30.0 Å². The van der Waals surface area contributed by atoms with Gasteiger partial charge in [0.15, 0.2) is 0 Å². The molecule has 1 aliphatic carbocycles. The number of para-hydroxylation sites is 2. The van der Waals surface area contributed by atoms with E-state index in [1.165, 1.54) is 25.7 Å². The summed E-state index contributed by atoms with van der Waals surface area (Å²) in [6.45, 7) is 1.44. The molecule has 10 heteroatoms. The van der Waals surface area contributed by atoms with Crippen LogP contribution < -0.4 is 10.6 Å². The van der Waals surface area contributed by atoms with Crippen LogP contribution in [0.25, 0.3) is 22.3 Å². The molecule has 4 heterocycles. The zero-order valence-corrected chi connectivity index (χ0v) is 25.0. The van der Waals surface area contributed by atoms with Gasteiger partial charge in [0, 0.05) is 48.6 Å². The van der Waals surface area contributed by atoms with Crippen molar-refractivity contribution in [2.45, 2.75) is 95.4 Å². The van der Waals surface area contributed by atoms with Crippen LogP contribution in [0, 0.1) is 5.92 Å². The lowest BCUT2D eigenvalue weighted by molar-refractivity contribution is -0.135. The summed E-state index contributed by atoms with van der Waals surface area (Å²) in [6, 6.07) is 14.1. The fourth-order valence-corrected chi connectivity index (χ4v) is 7.35. The molecule has 1 saturated carbocycles. The van der Waals surface area contributed by atoms with Crippen LogP contribution >= 0.6 is 0 Å². The molecular weight excluding hydrogens is 554 g/mol. The third kappa shape index (κ3) is 6.06. The highest BCUT2D eigenvalue weighted by molar-refractivity contribution is 5.77. The van der Waals surface area contributed by atoms with Gasteiger partial charge in [-0.15, -0.1) is 0 Å². The lowest BCUT2D eigenvalue weighted by Crippen LogP contribution is -2.54. The molecule has 44 heavy (non-hydrogen) atoms. The molecule has 5 unspecified atom stereocenters. The highest BCUT2D eigenvalue weighted by Gasteiger charge is 2.40. The molecule has 10 nitrogen and oxygen atoms in total. The first-order valence-corrected chi connectivity index (χ1v) is 16.1. The summed E-state index contributed by atoms with van der Waals surface area (Å²) < 4.78 is 2.02. The maximum atomic E-state index is 11.7. The lowest BCUT2D eigenvalue weighted by atomic mass is 9.82. The van der Waals surface area contributed by atoms with Crippen LogP contribution in [0.15, 0.2) is 61.1 Å². The fraction of sp³-hybridized carbons (Fsp3) is 0.471. The van der Waals surface area contributed by atoms with Gasteiger partial charge >= 0.3 is 0 Å². The minimum Gasteiger partial charge on any atom is -0.382 e. The molecule has 4 aromatic rings. The first-order chi connectivity index (χ1) is 21.5. The second-order valence-electron chi connectivity index (χ2n) is 12.6. The number of hydrogen-bond acceptors (Lipinski definition) is 8. The number of unbranched alkanes of at least 4 members (excludes halogenated alkanes) is 1. The van der Waals surface area contributed by atoms with Gasteiger partial charge in [-0.3, -0.25) is 19.4 Å². The SMILES string of the molecule is O=C1CCC(N2Cc3c(NC4CCCC(CCCCn5cc(-c6cnc7ccccc7n6)cn5)C4)cccc3C2O)C(O)N1. The highest BCUT2D eigenvalue weighted by atomic mass is 16.3. The molecule has 7 rings (SSSR count). The predicted molar refractivity (Wildman–Crippen MR) is 168 cm³/mol. The molecule has 5 atom stereocenters. The van der Waals surface area contributed by atoms with Crippen molar-refractivity contribution in [2.75, 3.05) is 5.32 Å². The summed E-state index contributed by atoms with van der Waals surface area (Å²) in [5, 5.41) is 32.6. The van der Waals surface area contributed by atoms with E-state index >= 15 is 0 Å². The number of fused-ring (bicyclic) bond motifs is 2. The Bertz CT molecular complexity index is 1620. The third-order valence-corrected chi connectivity index (χ3v) is 9.68. The number of hydrogen-bond donors (Lipinski definition) is 4. The van der Waals surface area contributed by atoms with E-state index in [4.69, 9.17) is 4.98 Å². The second kappa shape index (κ2) is 12.6. The quantitative estimate of drug-likeness (QED) is 0.204. The van der Waals surface area contributed by atoms with E-state index in [-0.39, 0.29) is 11.9 Å². The van der Waals surface area contributed by atoms with E-state index in [2.05, 4.69) is 33.0 Å². The molecule has 2 fully saturated rings. The van der Waals surface area contributed by atoms with Crippen molar-refractivity contribution < 1.29 is 15.0 Å². The number of benzene rings is 2. The van der Waals surface area contributed by atoms with Crippen LogP contribution in [0.2, 0.25) is 0 Å². The normalized spacial score (nSPS) is 25.6. The summed E-state index contributed by atoms with van der Waals surface area (Å²) in [7, 11) is 0. The Kier molecular flexibility index (Phi) is 8.29. The molecule has 2 aliphatic heterocycles. The Hall–Kier alpha value is -3.86. The number of nitrogens with one attached hydrogen (secondary N) is 2. The molecule has 2 aromatic carbocycles. The van der Waals surface area contributed by atoms with Crippen LogP contribution in [-0.2, 0) is 17.9 Å². The number of rotatable bonds is 9. The predicted octanol–water partition coefficient (Wildman–Crippen LogP) is 4.74. The number of piperidine rings is 1. The van der Waals surface area contributed by atoms with Gasteiger partial charge in [-0.05, 0) is 55.4 Å². The summed E-state index contributed by atoms with van der Waals surface area (Å²) >= 11 is 0. The number of aliphatic hydroxyl groups is 2. The van der Waals surface area contributed by atoms with Gasteiger partial charge < -0.3 is 20.8 Å². The average Bonchev–Trinajstić information content (AvgIpc) is 3.65. The first kappa shape index (κ1) is 28.9. The Morgan fingerprint density at radius 3 is 2.77 bits per heavy atom. The number of amides is 1. The van der Waals surface area contributed by atoms with Gasteiger partial charge in [0.1, 0.15) is 12.5 Å². The van der Waals surface area contributed by atoms with E-state index in [9.17, 15) is 15.0 Å². The van der Waals surface area contributed by atoms with Crippen molar-refractivity contribution in [1.29, 1.82) is 0 Å². The summed E-state index contributed by atoms with van der Waals surface area (Å²) in [5.74, 6) is 0.555. The van der Waals surface area contributed by atoms with E-state index in [1.54, 1.807) is 0 Å². The van der Waals surface area contributed by atoms with Gasteiger partial charge in [-0.2, -0.15) is 5.10 Å². The number of carbonyl (C=O) groups excluding carboxylic acids is 1. The zero-order chi connectivity index (χ0) is 30.0. The van der Waals surface area contributed by atoms with Crippen molar-refractivity contribution in [3.05, 3.63) is 72.2 Å². The Balaban J connectivity index is 0.902. The van der Waals surface area contributed by atoms with E-state index < -0.39 is 12.5 Å². The lowest BCUT2D eigenvalue weighted by Gasteiger charge is -2.37. The van der Waals surface area contributed by atoms with Crippen LogP contribution in [0.3, 0.4) is 0 Å². The molecule has 0 spiro atoms. The van der Waals surface area contributed by atoms with Crippen LogP contribution in [0.1, 0.15) is 75.1 Å². The van der Waals surface area contributed by atoms with Crippen LogP contribution in [-0.4, -0.2) is 59.1 Å². The smallest absolute Gasteiger partial charge is 0.222 e. The number of aromatic nitrogens is 4. The molecule has 0 radical (unpaired) electrons. The maximum absolute atomic E-state index is 11.7. The van der Waals surface area contributed by atoms with E-state index in [0.29, 0.717) is 31.3 Å².